The molecule has 0 unspecified atom stereocenters. The monoisotopic (exact) mass is 423 g/mol. The third-order valence-corrected chi connectivity index (χ3v) is 4.05. The zero-order valence-electron chi connectivity index (χ0n) is 12.6. The van der Waals surface area contributed by atoms with Gasteiger partial charge in [-0.15, -0.1) is 0 Å². The molecular formula is C16H11BrClN3O4. The number of rotatable bonds is 4. The maximum atomic E-state index is 12.0. The molecule has 128 valence electrons. The van der Waals surface area contributed by atoms with Crippen LogP contribution in [0.1, 0.15) is 0 Å². The van der Waals surface area contributed by atoms with Crippen molar-refractivity contribution < 1.29 is 9.53 Å². The Morgan fingerprint density at radius 2 is 1.80 bits per heavy atom. The van der Waals surface area contributed by atoms with Crippen LogP contribution in [-0.2, 0) is 4.79 Å². The summed E-state index contributed by atoms with van der Waals surface area (Å²) in [7, 11) is 0. The van der Waals surface area contributed by atoms with E-state index >= 15 is 0 Å². The van der Waals surface area contributed by atoms with Gasteiger partial charge in [0.15, 0.2) is 6.61 Å². The van der Waals surface area contributed by atoms with Gasteiger partial charge >= 0.3 is 11.1 Å². The molecule has 3 aromatic rings. The van der Waals surface area contributed by atoms with Gasteiger partial charge in [0.05, 0.1) is 16.1 Å². The van der Waals surface area contributed by atoms with Crippen LogP contribution in [-0.4, -0.2) is 22.5 Å². The first-order chi connectivity index (χ1) is 11.9. The molecule has 9 heteroatoms. The third kappa shape index (κ3) is 4.09. The SMILES string of the molecule is O=C(COc1ccc(Br)cc1Cl)Nc1ccc2[nH]c(=O)c(=O)[nH]c2c1. The van der Waals surface area contributed by atoms with Crippen molar-refractivity contribution in [2.24, 2.45) is 0 Å². The fraction of sp³-hybridized carbons (Fsp3) is 0.0625. The van der Waals surface area contributed by atoms with Crippen molar-refractivity contribution in [3.05, 3.63) is 66.6 Å². The zero-order chi connectivity index (χ0) is 18.0. The van der Waals surface area contributed by atoms with Crippen molar-refractivity contribution in [2.75, 3.05) is 11.9 Å². The Hall–Kier alpha value is -2.58. The van der Waals surface area contributed by atoms with Crippen LogP contribution < -0.4 is 21.2 Å². The van der Waals surface area contributed by atoms with Crippen molar-refractivity contribution in [1.82, 2.24) is 9.97 Å². The van der Waals surface area contributed by atoms with Gasteiger partial charge in [-0.1, -0.05) is 27.5 Å². The standard InChI is InChI=1S/C16H11BrClN3O4/c17-8-1-4-13(10(18)5-8)25-7-14(22)19-9-2-3-11-12(6-9)21-16(24)15(23)20-11/h1-6H,7H2,(H,19,22)(H,20,23)(H,21,24). The second kappa shape index (κ2) is 7.12. The number of benzene rings is 2. The quantitative estimate of drug-likeness (QED) is 0.560. The van der Waals surface area contributed by atoms with E-state index in [1.165, 1.54) is 6.07 Å². The number of fused-ring (bicyclic) bond motifs is 1. The number of amides is 1. The molecule has 0 bridgehead atoms. The maximum absolute atomic E-state index is 12.0. The first kappa shape index (κ1) is 17.2. The third-order valence-electron chi connectivity index (χ3n) is 3.26. The molecule has 1 heterocycles. The second-order valence-corrected chi connectivity index (χ2v) is 6.40. The molecule has 0 atom stereocenters. The topological polar surface area (TPSA) is 104 Å². The minimum atomic E-state index is -0.760. The number of halogens is 2. The van der Waals surface area contributed by atoms with Crippen LogP contribution in [0.5, 0.6) is 5.75 Å². The maximum Gasteiger partial charge on any atom is 0.314 e. The van der Waals surface area contributed by atoms with Gasteiger partial charge in [-0.05, 0) is 36.4 Å². The first-order valence-corrected chi connectivity index (χ1v) is 8.23. The lowest BCUT2D eigenvalue weighted by Gasteiger charge is -2.09. The molecule has 0 aliphatic rings. The highest BCUT2D eigenvalue weighted by Gasteiger charge is 2.08. The van der Waals surface area contributed by atoms with E-state index in [-0.39, 0.29) is 6.61 Å². The molecule has 0 radical (unpaired) electrons. The van der Waals surface area contributed by atoms with Crippen molar-refractivity contribution in [2.45, 2.75) is 0 Å². The minimum absolute atomic E-state index is 0.235. The molecular weight excluding hydrogens is 414 g/mol. The minimum Gasteiger partial charge on any atom is -0.482 e. The van der Waals surface area contributed by atoms with E-state index in [4.69, 9.17) is 16.3 Å². The highest BCUT2D eigenvalue weighted by Crippen LogP contribution is 2.27. The van der Waals surface area contributed by atoms with E-state index in [1.54, 1.807) is 30.3 Å². The van der Waals surface area contributed by atoms with Crippen LogP contribution in [0, 0.1) is 0 Å². The summed E-state index contributed by atoms with van der Waals surface area (Å²) in [6, 6.07) is 9.78. The Morgan fingerprint density at radius 3 is 2.52 bits per heavy atom. The highest BCUT2D eigenvalue weighted by atomic mass is 79.9. The van der Waals surface area contributed by atoms with Gasteiger partial charge in [0.2, 0.25) is 0 Å². The van der Waals surface area contributed by atoms with Crippen LogP contribution >= 0.6 is 27.5 Å². The zero-order valence-corrected chi connectivity index (χ0v) is 14.9. The predicted molar refractivity (Wildman–Crippen MR) is 98.5 cm³/mol. The fourth-order valence-corrected chi connectivity index (χ4v) is 2.85. The number of ether oxygens (including phenoxy) is 1. The van der Waals surface area contributed by atoms with Crippen molar-refractivity contribution in [3.8, 4) is 5.75 Å². The summed E-state index contributed by atoms with van der Waals surface area (Å²) in [5, 5.41) is 3.02. The smallest absolute Gasteiger partial charge is 0.314 e. The number of hydrogen-bond acceptors (Lipinski definition) is 4. The van der Waals surface area contributed by atoms with Gasteiger partial charge < -0.3 is 20.0 Å². The Labute approximate surface area is 154 Å². The van der Waals surface area contributed by atoms with Crippen LogP contribution in [0.15, 0.2) is 50.5 Å². The van der Waals surface area contributed by atoms with E-state index in [2.05, 4.69) is 31.2 Å². The Kier molecular flexibility index (Phi) is 4.91. The number of anilines is 1. The molecule has 1 amide bonds. The fourth-order valence-electron chi connectivity index (χ4n) is 2.13. The lowest BCUT2D eigenvalue weighted by molar-refractivity contribution is -0.118. The Morgan fingerprint density at radius 1 is 1.08 bits per heavy atom. The van der Waals surface area contributed by atoms with Gasteiger partial charge in [0, 0.05) is 10.2 Å². The van der Waals surface area contributed by atoms with E-state index < -0.39 is 17.0 Å². The first-order valence-electron chi connectivity index (χ1n) is 7.06. The van der Waals surface area contributed by atoms with Crippen molar-refractivity contribution in [3.63, 3.8) is 0 Å². The van der Waals surface area contributed by atoms with Crippen LogP contribution in [0.25, 0.3) is 11.0 Å². The predicted octanol–water partition coefficient (Wildman–Crippen LogP) is 2.65. The molecule has 3 rings (SSSR count). The summed E-state index contributed by atoms with van der Waals surface area (Å²) in [6.07, 6.45) is 0. The summed E-state index contributed by atoms with van der Waals surface area (Å²) in [6.45, 7) is -0.235. The molecule has 25 heavy (non-hydrogen) atoms. The van der Waals surface area contributed by atoms with E-state index in [0.29, 0.717) is 27.5 Å². The lowest BCUT2D eigenvalue weighted by Crippen LogP contribution is -2.29. The molecule has 0 saturated carbocycles. The Bertz CT molecular complexity index is 1080. The molecule has 0 spiro atoms. The van der Waals surface area contributed by atoms with E-state index in [1.807, 2.05) is 0 Å². The van der Waals surface area contributed by atoms with Crippen molar-refractivity contribution >= 4 is 50.2 Å². The average Bonchev–Trinajstić information content (AvgIpc) is 2.55. The largest absolute Gasteiger partial charge is 0.482 e. The number of H-pyrrole nitrogens is 2. The highest BCUT2D eigenvalue weighted by molar-refractivity contribution is 9.10. The van der Waals surface area contributed by atoms with Crippen LogP contribution in [0.4, 0.5) is 5.69 Å². The summed E-state index contributed by atoms with van der Waals surface area (Å²) >= 11 is 9.30. The Balaban J connectivity index is 1.70. The number of aromatic amines is 2. The van der Waals surface area contributed by atoms with Gasteiger partial charge in [-0.3, -0.25) is 14.4 Å². The molecule has 0 saturated heterocycles. The molecule has 0 fully saturated rings. The molecule has 7 nitrogen and oxygen atoms in total. The summed E-state index contributed by atoms with van der Waals surface area (Å²) < 4.78 is 6.18. The van der Waals surface area contributed by atoms with Gasteiger partial charge in [0.1, 0.15) is 5.75 Å². The van der Waals surface area contributed by atoms with Gasteiger partial charge in [-0.2, -0.15) is 0 Å². The number of nitrogens with one attached hydrogen (secondary N) is 3. The summed E-state index contributed by atoms with van der Waals surface area (Å²) in [4.78, 5) is 39.5. The lowest BCUT2D eigenvalue weighted by atomic mass is 10.2. The molecule has 0 aliphatic carbocycles. The summed E-state index contributed by atoms with van der Waals surface area (Å²) in [5.74, 6) is -0.00876. The number of hydrogen-bond donors (Lipinski definition) is 3. The van der Waals surface area contributed by atoms with E-state index in [9.17, 15) is 14.4 Å². The van der Waals surface area contributed by atoms with Gasteiger partial charge in [-0.25, -0.2) is 0 Å². The molecule has 3 N–H and O–H groups in total. The van der Waals surface area contributed by atoms with Crippen LogP contribution in [0.3, 0.4) is 0 Å². The summed E-state index contributed by atoms with van der Waals surface area (Å²) in [5.41, 5.74) is -0.182. The van der Waals surface area contributed by atoms with E-state index in [0.717, 1.165) is 4.47 Å². The number of carbonyl (C=O) groups excluding carboxylic acids is 1. The van der Waals surface area contributed by atoms with Gasteiger partial charge in [0.25, 0.3) is 5.91 Å². The van der Waals surface area contributed by atoms with Crippen molar-refractivity contribution in [1.29, 1.82) is 0 Å². The molecule has 0 aliphatic heterocycles. The van der Waals surface area contributed by atoms with Crippen LogP contribution in [0.2, 0.25) is 5.02 Å². The number of aromatic nitrogens is 2. The average molecular weight is 425 g/mol. The second-order valence-electron chi connectivity index (χ2n) is 5.08. The molecule has 1 aromatic heterocycles. The molecule has 2 aromatic carbocycles. The normalized spacial score (nSPS) is 10.6. The number of carbonyl (C=O) groups is 1.